The topological polar surface area (TPSA) is 128 Å². The minimum atomic E-state index is -1.30. The molecule has 5 rings (SSSR count). The number of rotatable bonds is 11. The lowest BCUT2D eigenvalue weighted by molar-refractivity contribution is -0.158. The Hall–Kier alpha value is -4.53. The molecular weight excluding hydrogens is 586 g/mol. The van der Waals surface area contributed by atoms with Crippen LogP contribution in [0.1, 0.15) is 57.5 Å². The molecule has 1 aromatic heterocycles. The van der Waals surface area contributed by atoms with Crippen LogP contribution in [0.25, 0.3) is 11.1 Å². The van der Waals surface area contributed by atoms with Crippen LogP contribution >= 0.6 is 0 Å². The molecule has 2 aromatic carbocycles. The Labute approximate surface area is 264 Å². The van der Waals surface area contributed by atoms with Crippen molar-refractivity contribution in [3.63, 3.8) is 0 Å². The number of benzene rings is 2. The van der Waals surface area contributed by atoms with E-state index in [4.69, 9.17) is 10.5 Å². The molecule has 3 aromatic rings. The minimum absolute atomic E-state index is 0.0752. The summed E-state index contributed by atoms with van der Waals surface area (Å²) in [6, 6.07) is 12.8. The van der Waals surface area contributed by atoms with E-state index in [0.29, 0.717) is 37.1 Å². The van der Waals surface area contributed by atoms with Crippen LogP contribution in [0, 0.1) is 11.8 Å². The van der Waals surface area contributed by atoms with Gasteiger partial charge in [0.1, 0.15) is 12.8 Å². The van der Waals surface area contributed by atoms with Crippen LogP contribution in [-0.4, -0.2) is 70.7 Å². The van der Waals surface area contributed by atoms with Crippen LogP contribution in [-0.2, 0) is 27.4 Å². The summed E-state index contributed by atoms with van der Waals surface area (Å²) in [6.45, 7) is 8.13. The Balaban J connectivity index is 1.17. The van der Waals surface area contributed by atoms with Gasteiger partial charge in [-0.05, 0) is 54.3 Å². The SMILES string of the molecule is C[Si](C)(C)CCOCN1C(=O)CCC(N2Cc3c(C#CCCCn4cc(-c5ccc(C(N)=O)cc5)cn4)cccc3C2=O)C1=O. The molecule has 45 heavy (non-hydrogen) atoms. The molecule has 0 bridgehead atoms. The zero-order valence-electron chi connectivity index (χ0n) is 26.0. The van der Waals surface area contributed by atoms with Crippen LogP contribution < -0.4 is 5.73 Å². The fourth-order valence-corrected chi connectivity index (χ4v) is 6.21. The van der Waals surface area contributed by atoms with Gasteiger partial charge in [0, 0.05) is 69.1 Å². The maximum absolute atomic E-state index is 13.4. The fraction of sp³-hybridized carbons (Fsp3) is 0.382. The highest BCUT2D eigenvalue weighted by Crippen LogP contribution is 2.31. The molecule has 234 valence electrons. The van der Waals surface area contributed by atoms with Crippen LogP contribution in [0.4, 0.5) is 0 Å². The molecule has 11 heteroatoms. The summed E-state index contributed by atoms with van der Waals surface area (Å²) in [5, 5.41) is 4.44. The highest BCUT2D eigenvalue weighted by Gasteiger charge is 2.43. The van der Waals surface area contributed by atoms with E-state index in [0.717, 1.165) is 39.6 Å². The number of amides is 4. The van der Waals surface area contributed by atoms with Gasteiger partial charge < -0.3 is 15.4 Å². The maximum Gasteiger partial charge on any atom is 0.255 e. The van der Waals surface area contributed by atoms with E-state index in [1.165, 1.54) is 0 Å². The van der Waals surface area contributed by atoms with Crippen molar-refractivity contribution in [3.8, 4) is 23.0 Å². The smallest absolute Gasteiger partial charge is 0.255 e. The number of ether oxygens (including phenoxy) is 1. The van der Waals surface area contributed by atoms with Crippen molar-refractivity contribution in [2.24, 2.45) is 5.73 Å². The Morgan fingerprint density at radius 1 is 1.09 bits per heavy atom. The minimum Gasteiger partial charge on any atom is -0.366 e. The second kappa shape index (κ2) is 13.6. The summed E-state index contributed by atoms with van der Waals surface area (Å²) in [6.07, 6.45) is 5.67. The zero-order chi connectivity index (χ0) is 32.1. The molecule has 0 spiro atoms. The number of aryl methyl sites for hydroxylation is 1. The second-order valence-electron chi connectivity index (χ2n) is 12.7. The third-order valence-electron chi connectivity index (χ3n) is 8.12. The number of imide groups is 1. The molecule has 2 aliphatic rings. The number of hydrogen-bond acceptors (Lipinski definition) is 6. The lowest BCUT2D eigenvalue weighted by Crippen LogP contribution is -2.55. The molecule has 1 fully saturated rings. The summed E-state index contributed by atoms with van der Waals surface area (Å²) >= 11 is 0. The standard InChI is InChI=1S/C34H39N5O5Si/c1-45(2,3)19-18-44-23-39-31(40)16-15-30(34(39)43)38-22-29-25(9-7-10-28(29)33(38)42)8-5-4-6-17-37-21-27(20-36-37)24-11-13-26(14-12-24)32(35)41/h7,9-14,20-21,30H,4,6,15-19,22-23H2,1-3H3,(H2,35,41). The van der Waals surface area contributed by atoms with Crippen molar-refractivity contribution < 1.29 is 23.9 Å². The summed E-state index contributed by atoms with van der Waals surface area (Å²) in [5.41, 5.74) is 9.83. The van der Waals surface area contributed by atoms with Gasteiger partial charge in [0.25, 0.3) is 11.8 Å². The number of nitrogens with two attached hydrogens (primary N) is 1. The van der Waals surface area contributed by atoms with E-state index in [1.807, 2.05) is 35.1 Å². The Kier molecular flexibility index (Phi) is 9.65. The van der Waals surface area contributed by atoms with Crippen LogP contribution in [0.2, 0.25) is 25.7 Å². The van der Waals surface area contributed by atoms with Crippen molar-refractivity contribution >= 4 is 31.7 Å². The zero-order valence-corrected chi connectivity index (χ0v) is 27.0. The summed E-state index contributed by atoms with van der Waals surface area (Å²) < 4.78 is 7.57. The number of fused-ring (bicyclic) bond motifs is 1. The second-order valence-corrected chi connectivity index (χ2v) is 18.3. The number of nitrogens with zero attached hydrogens (tertiary/aromatic N) is 4. The lowest BCUT2D eigenvalue weighted by atomic mass is 10.0. The number of unbranched alkanes of at least 4 members (excludes halogenated alkanes) is 1. The number of carbonyl (C=O) groups excluding carboxylic acids is 4. The fourth-order valence-electron chi connectivity index (χ4n) is 5.45. The molecule has 4 amide bonds. The van der Waals surface area contributed by atoms with Gasteiger partial charge in [-0.2, -0.15) is 5.10 Å². The monoisotopic (exact) mass is 625 g/mol. The first-order chi connectivity index (χ1) is 21.5. The molecule has 1 unspecified atom stereocenters. The van der Waals surface area contributed by atoms with Crippen molar-refractivity contribution in [2.45, 2.75) is 70.5 Å². The summed E-state index contributed by atoms with van der Waals surface area (Å²) in [4.78, 5) is 53.4. The third-order valence-corrected chi connectivity index (χ3v) is 9.82. The average molecular weight is 626 g/mol. The largest absolute Gasteiger partial charge is 0.366 e. The molecule has 1 atom stereocenters. The lowest BCUT2D eigenvalue weighted by Gasteiger charge is -2.35. The van der Waals surface area contributed by atoms with Crippen LogP contribution in [0.3, 0.4) is 0 Å². The van der Waals surface area contributed by atoms with Gasteiger partial charge in [0.2, 0.25) is 11.8 Å². The summed E-state index contributed by atoms with van der Waals surface area (Å²) in [5.74, 6) is 5.16. The first-order valence-electron chi connectivity index (χ1n) is 15.3. The van der Waals surface area contributed by atoms with E-state index in [2.05, 4.69) is 36.6 Å². The number of aromatic nitrogens is 2. The van der Waals surface area contributed by atoms with Crippen LogP contribution in [0.15, 0.2) is 54.9 Å². The molecule has 0 radical (unpaired) electrons. The van der Waals surface area contributed by atoms with Crippen LogP contribution in [0.5, 0.6) is 0 Å². The van der Waals surface area contributed by atoms with Gasteiger partial charge in [0.15, 0.2) is 0 Å². The van der Waals surface area contributed by atoms with Gasteiger partial charge >= 0.3 is 0 Å². The van der Waals surface area contributed by atoms with Gasteiger partial charge in [-0.15, -0.1) is 0 Å². The molecular formula is C34H39N5O5Si. The molecule has 0 saturated carbocycles. The molecule has 2 N–H and O–H groups in total. The van der Waals surface area contributed by atoms with Crippen molar-refractivity contribution in [1.82, 2.24) is 19.6 Å². The predicted molar refractivity (Wildman–Crippen MR) is 172 cm³/mol. The molecule has 2 aliphatic heterocycles. The number of hydrogen-bond donors (Lipinski definition) is 1. The van der Waals surface area contributed by atoms with Crippen molar-refractivity contribution in [1.29, 1.82) is 0 Å². The molecule has 3 heterocycles. The number of primary amides is 1. The molecule has 1 saturated heterocycles. The van der Waals surface area contributed by atoms with Gasteiger partial charge in [-0.25, -0.2) is 0 Å². The van der Waals surface area contributed by atoms with Crippen molar-refractivity contribution in [3.05, 3.63) is 77.1 Å². The number of carbonyl (C=O) groups is 4. The van der Waals surface area contributed by atoms with Gasteiger partial charge in [-0.1, -0.05) is 49.7 Å². The van der Waals surface area contributed by atoms with E-state index in [1.54, 1.807) is 29.3 Å². The highest BCUT2D eigenvalue weighted by atomic mass is 28.3. The summed E-state index contributed by atoms with van der Waals surface area (Å²) in [7, 11) is -1.30. The van der Waals surface area contributed by atoms with Gasteiger partial charge in [-0.3, -0.25) is 28.8 Å². The third kappa shape index (κ3) is 7.58. The average Bonchev–Trinajstić information content (AvgIpc) is 3.61. The van der Waals surface area contributed by atoms with E-state index in [9.17, 15) is 19.2 Å². The van der Waals surface area contributed by atoms with E-state index < -0.39 is 20.0 Å². The van der Waals surface area contributed by atoms with E-state index >= 15 is 0 Å². The predicted octanol–water partition coefficient (Wildman–Crippen LogP) is 4.27. The normalized spacial score (nSPS) is 16.5. The first-order valence-corrected chi connectivity index (χ1v) is 19.0. The number of piperidine rings is 1. The quantitative estimate of drug-likeness (QED) is 0.147. The number of likely N-dealkylation sites (tertiary alicyclic amines) is 1. The Morgan fingerprint density at radius 2 is 1.87 bits per heavy atom. The Bertz CT molecular complexity index is 1660. The first kappa shape index (κ1) is 31.9. The molecule has 0 aliphatic carbocycles. The highest BCUT2D eigenvalue weighted by molar-refractivity contribution is 6.76. The van der Waals surface area contributed by atoms with E-state index in [-0.39, 0.29) is 37.4 Å². The van der Waals surface area contributed by atoms with Crippen molar-refractivity contribution in [2.75, 3.05) is 13.3 Å². The molecule has 10 nitrogen and oxygen atoms in total. The van der Waals surface area contributed by atoms with Gasteiger partial charge in [0.05, 0.1) is 6.20 Å². The maximum atomic E-state index is 13.4. The Morgan fingerprint density at radius 3 is 2.60 bits per heavy atom.